The van der Waals surface area contributed by atoms with E-state index in [1.165, 1.54) is 24.3 Å². The summed E-state index contributed by atoms with van der Waals surface area (Å²) in [6.07, 6.45) is 1.54. The molecule has 0 saturated heterocycles. The molecule has 0 aromatic heterocycles. The Hall–Kier alpha value is -3.35. The molecule has 1 unspecified atom stereocenters. The van der Waals surface area contributed by atoms with Crippen LogP contribution in [-0.4, -0.2) is 22.8 Å². The van der Waals surface area contributed by atoms with E-state index in [9.17, 15) is 20.0 Å². The summed E-state index contributed by atoms with van der Waals surface area (Å²) in [5.74, 6) is -0.162. The Labute approximate surface area is 143 Å². The molecule has 1 N–H and O–H groups in total. The number of allylic oxidation sites excluding steroid dienone is 1. The minimum atomic E-state index is -1.52. The number of nitro benzene ring substituents is 1. The number of carbonyl (C=O) groups is 1. The molecule has 7 nitrogen and oxygen atoms in total. The van der Waals surface area contributed by atoms with Gasteiger partial charge in [-0.25, -0.2) is 0 Å². The summed E-state index contributed by atoms with van der Waals surface area (Å²) in [6, 6.07) is 10.5. The van der Waals surface area contributed by atoms with Gasteiger partial charge in [-0.2, -0.15) is 0 Å². The number of nitro groups is 1. The van der Waals surface area contributed by atoms with Gasteiger partial charge >= 0.3 is 5.97 Å². The monoisotopic (exact) mass is 341 g/mol. The molecule has 128 valence electrons. The molecule has 1 heterocycles. The van der Waals surface area contributed by atoms with E-state index in [2.05, 4.69) is 6.58 Å². The molecule has 2 aromatic rings. The molecule has 1 aliphatic heterocycles. The van der Waals surface area contributed by atoms with Crippen LogP contribution in [0.15, 0.2) is 55.1 Å². The van der Waals surface area contributed by atoms with Crippen molar-refractivity contribution in [2.75, 3.05) is 6.79 Å². The van der Waals surface area contributed by atoms with Crippen LogP contribution in [0.1, 0.15) is 17.5 Å². The Bertz CT molecular complexity index is 862. The summed E-state index contributed by atoms with van der Waals surface area (Å²) in [4.78, 5) is 22.9. The molecular weight excluding hydrogens is 326 g/mol. The van der Waals surface area contributed by atoms with Crippen molar-refractivity contribution in [1.29, 1.82) is 0 Å². The van der Waals surface area contributed by atoms with Crippen LogP contribution in [0.5, 0.6) is 11.5 Å². The lowest BCUT2D eigenvalue weighted by molar-refractivity contribution is -0.384. The van der Waals surface area contributed by atoms with E-state index in [4.69, 9.17) is 9.47 Å². The maximum absolute atomic E-state index is 12.3. The molecule has 7 heteroatoms. The molecule has 0 bridgehead atoms. The fourth-order valence-electron chi connectivity index (χ4n) is 3.00. The molecule has 0 fully saturated rings. The molecular formula is C18H15NO6. The van der Waals surface area contributed by atoms with E-state index in [1.54, 1.807) is 24.3 Å². The van der Waals surface area contributed by atoms with E-state index >= 15 is 0 Å². The average molecular weight is 341 g/mol. The number of nitrogens with zero attached hydrogens (tertiary/aromatic N) is 1. The topological polar surface area (TPSA) is 98.9 Å². The Morgan fingerprint density at radius 3 is 2.64 bits per heavy atom. The summed E-state index contributed by atoms with van der Waals surface area (Å²) in [5.41, 5.74) is -0.958. The van der Waals surface area contributed by atoms with Gasteiger partial charge < -0.3 is 14.6 Å². The normalized spacial score (nSPS) is 14.6. The first-order valence-corrected chi connectivity index (χ1v) is 7.48. The van der Waals surface area contributed by atoms with Gasteiger partial charge in [-0.15, -0.1) is 6.58 Å². The van der Waals surface area contributed by atoms with Crippen molar-refractivity contribution in [3.05, 3.63) is 76.4 Å². The Balaban J connectivity index is 2.23. The fraction of sp³-hybridized carbons (Fsp3) is 0.167. The van der Waals surface area contributed by atoms with Gasteiger partial charge in [-0.1, -0.05) is 24.3 Å². The summed E-state index contributed by atoms with van der Waals surface area (Å²) in [5, 5.41) is 21.1. The lowest BCUT2D eigenvalue weighted by Gasteiger charge is -2.29. The maximum Gasteiger partial charge on any atom is 0.318 e. The van der Waals surface area contributed by atoms with Crippen LogP contribution < -0.4 is 9.47 Å². The second kappa shape index (κ2) is 6.27. The van der Waals surface area contributed by atoms with Crippen LogP contribution in [0, 0.1) is 10.1 Å². The van der Waals surface area contributed by atoms with Crippen LogP contribution in [0.4, 0.5) is 5.69 Å². The molecule has 1 aliphatic rings. The van der Waals surface area contributed by atoms with E-state index in [-0.39, 0.29) is 18.9 Å². The van der Waals surface area contributed by atoms with E-state index in [1.807, 2.05) is 0 Å². The molecule has 3 rings (SSSR count). The number of benzene rings is 2. The van der Waals surface area contributed by atoms with Crippen molar-refractivity contribution in [2.45, 2.75) is 11.8 Å². The van der Waals surface area contributed by atoms with Crippen molar-refractivity contribution in [2.24, 2.45) is 0 Å². The molecule has 0 saturated carbocycles. The van der Waals surface area contributed by atoms with Crippen molar-refractivity contribution in [1.82, 2.24) is 0 Å². The highest BCUT2D eigenvalue weighted by atomic mass is 16.7. The van der Waals surface area contributed by atoms with E-state index in [0.29, 0.717) is 22.6 Å². The van der Waals surface area contributed by atoms with Crippen LogP contribution in [-0.2, 0) is 10.2 Å². The van der Waals surface area contributed by atoms with Gasteiger partial charge in [0.15, 0.2) is 11.5 Å². The first kappa shape index (κ1) is 16.5. The third-order valence-corrected chi connectivity index (χ3v) is 4.23. The minimum absolute atomic E-state index is 0.0587. The van der Waals surface area contributed by atoms with Crippen LogP contribution in [0.2, 0.25) is 0 Å². The Kier molecular flexibility index (Phi) is 4.14. The van der Waals surface area contributed by atoms with Gasteiger partial charge in [-0.3, -0.25) is 14.9 Å². The Morgan fingerprint density at radius 2 is 1.96 bits per heavy atom. The number of carboxylic acids is 1. The summed E-state index contributed by atoms with van der Waals surface area (Å²) in [7, 11) is 0. The standard InChI is InChI=1S/C18H15NO6/c1-2-8-18(17(20)21,12-4-3-5-14(9-12)19(22)23)13-6-7-15-16(10-13)25-11-24-15/h2-7,9-10H,1,8,11H2,(H,20,21). The second-order valence-corrected chi connectivity index (χ2v) is 5.58. The minimum Gasteiger partial charge on any atom is -0.480 e. The predicted molar refractivity (Wildman–Crippen MR) is 88.9 cm³/mol. The van der Waals surface area contributed by atoms with Crippen LogP contribution >= 0.6 is 0 Å². The zero-order chi connectivity index (χ0) is 18.0. The highest BCUT2D eigenvalue weighted by Gasteiger charge is 2.42. The van der Waals surface area contributed by atoms with Crippen molar-refractivity contribution >= 4 is 11.7 Å². The molecule has 25 heavy (non-hydrogen) atoms. The van der Waals surface area contributed by atoms with Crippen LogP contribution in [0.3, 0.4) is 0 Å². The number of non-ortho nitro benzene ring substituents is 1. The first-order chi connectivity index (χ1) is 12.0. The van der Waals surface area contributed by atoms with Gasteiger partial charge in [0.2, 0.25) is 6.79 Å². The average Bonchev–Trinajstić information content (AvgIpc) is 3.07. The van der Waals surface area contributed by atoms with Gasteiger partial charge in [0, 0.05) is 12.1 Å². The molecule has 0 amide bonds. The third-order valence-electron chi connectivity index (χ3n) is 4.23. The van der Waals surface area contributed by atoms with Crippen LogP contribution in [0.25, 0.3) is 0 Å². The van der Waals surface area contributed by atoms with Gasteiger partial charge in [0.05, 0.1) is 4.92 Å². The Morgan fingerprint density at radius 1 is 1.24 bits per heavy atom. The van der Waals surface area contributed by atoms with Crippen molar-refractivity contribution < 1.29 is 24.3 Å². The summed E-state index contributed by atoms with van der Waals surface area (Å²) >= 11 is 0. The molecule has 0 aliphatic carbocycles. The lowest BCUT2D eigenvalue weighted by atomic mass is 9.72. The molecule has 2 aromatic carbocycles. The molecule has 0 radical (unpaired) electrons. The van der Waals surface area contributed by atoms with Gasteiger partial charge in [-0.05, 0) is 29.7 Å². The van der Waals surface area contributed by atoms with Gasteiger partial charge in [0.25, 0.3) is 5.69 Å². The number of ether oxygens (including phenoxy) is 2. The van der Waals surface area contributed by atoms with E-state index < -0.39 is 16.3 Å². The zero-order valence-electron chi connectivity index (χ0n) is 13.2. The third kappa shape index (κ3) is 2.69. The number of hydrogen-bond donors (Lipinski definition) is 1. The lowest BCUT2D eigenvalue weighted by Crippen LogP contribution is -2.36. The highest BCUT2D eigenvalue weighted by molar-refractivity contribution is 5.87. The first-order valence-electron chi connectivity index (χ1n) is 7.48. The SMILES string of the molecule is C=CCC(C(=O)O)(c1cccc([N+](=O)[O-])c1)c1ccc2c(c1)OCO2. The predicted octanol–water partition coefficient (Wildman–Crippen LogP) is 3.27. The summed E-state index contributed by atoms with van der Waals surface area (Å²) < 4.78 is 10.6. The largest absolute Gasteiger partial charge is 0.480 e. The maximum atomic E-state index is 12.3. The second-order valence-electron chi connectivity index (χ2n) is 5.58. The zero-order valence-corrected chi connectivity index (χ0v) is 13.2. The van der Waals surface area contributed by atoms with Gasteiger partial charge in [0.1, 0.15) is 5.41 Å². The highest BCUT2D eigenvalue weighted by Crippen LogP contribution is 2.42. The quantitative estimate of drug-likeness (QED) is 0.492. The number of fused-ring (bicyclic) bond motifs is 1. The number of rotatable bonds is 6. The molecule has 0 spiro atoms. The molecule has 1 atom stereocenters. The summed E-state index contributed by atoms with van der Waals surface area (Å²) in [6.45, 7) is 3.72. The van der Waals surface area contributed by atoms with Crippen molar-refractivity contribution in [3.63, 3.8) is 0 Å². The fourth-order valence-corrected chi connectivity index (χ4v) is 3.00. The number of carboxylic acid groups (broad SMARTS) is 1. The number of hydrogen-bond acceptors (Lipinski definition) is 5. The van der Waals surface area contributed by atoms with Crippen molar-refractivity contribution in [3.8, 4) is 11.5 Å². The number of aliphatic carboxylic acids is 1. The smallest absolute Gasteiger partial charge is 0.318 e. The van der Waals surface area contributed by atoms with E-state index in [0.717, 1.165) is 0 Å².